The predicted octanol–water partition coefficient (Wildman–Crippen LogP) is 1.29. The van der Waals surface area contributed by atoms with Gasteiger partial charge in [-0.1, -0.05) is 0 Å². The maximum absolute atomic E-state index is 5.81. The standard InChI is InChI=1S/C14H21N5/c1-11-3-4-12(7-15)8-19(11)10-13-9-18-6-2-5-16-14(18)17-13/h2,5-6,9,11-12H,3-4,7-8,10,15H2,1H3. The third-order valence-electron chi connectivity index (χ3n) is 4.09. The van der Waals surface area contributed by atoms with Crippen LogP contribution in [0.1, 0.15) is 25.5 Å². The van der Waals surface area contributed by atoms with Crippen LogP contribution in [-0.2, 0) is 6.54 Å². The fourth-order valence-electron chi connectivity index (χ4n) is 2.84. The number of nitrogens with zero attached hydrogens (tertiary/aromatic N) is 4. The van der Waals surface area contributed by atoms with Gasteiger partial charge in [0.1, 0.15) is 0 Å². The van der Waals surface area contributed by atoms with E-state index in [0.29, 0.717) is 12.0 Å². The van der Waals surface area contributed by atoms with Gasteiger partial charge in [-0.3, -0.25) is 9.30 Å². The van der Waals surface area contributed by atoms with Crippen LogP contribution >= 0.6 is 0 Å². The second kappa shape index (κ2) is 5.27. The average Bonchev–Trinajstić information content (AvgIpc) is 2.83. The first-order valence-corrected chi connectivity index (χ1v) is 6.99. The van der Waals surface area contributed by atoms with Gasteiger partial charge >= 0.3 is 0 Å². The Kier molecular flexibility index (Phi) is 3.48. The predicted molar refractivity (Wildman–Crippen MR) is 74.6 cm³/mol. The Bertz CT molecular complexity index is 517. The number of imidazole rings is 1. The first kappa shape index (κ1) is 12.6. The number of piperidine rings is 1. The Morgan fingerprint density at radius 3 is 3.11 bits per heavy atom. The minimum absolute atomic E-state index is 0.612. The van der Waals surface area contributed by atoms with E-state index in [1.165, 1.54) is 12.8 Å². The quantitative estimate of drug-likeness (QED) is 0.902. The molecule has 3 rings (SSSR count). The second-order valence-electron chi connectivity index (χ2n) is 5.52. The van der Waals surface area contributed by atoms with Gasteiger partial charge in [0.25, 0.3) is 0 Å². The van der Waals surface area contributed by atoms with Crippen LogP contribution in [0.5, 0.6) is 0 Å². The molecule has 2 atom stereocenters. The highest BCUT2D eigenvalue weighted by molar-refractivity contribution is 5.29. The van der Waals surface area contributed by atoms with E-state index in [2.05, 4.69) is 28.0 Å². The molecule has 3 heterocycles. The lowest BCUT2D eigenvalue weighted by Gasteiger charge is -2.37. The molecular weight excluding hydrogens is 238 g/mol. The highest BCUT2D eigenvalue weighted by atomic mass is 15.2. The van der Waals surface area contributed by atoms with Crippen molar-refractivity contribution in [1.82, 2.24) is 19.3 Å². The largest absolute Gasteiger partial charge is 0.330 e. The Labute approximate surface area is 113 Å². The molecule has 2 N–H and O–H groups in total. The van der Waals surface area contributed by atoms with Crippen LogP contribution < -0.4 is 5.73 Å². The molecule has 2 unspecified atom stereocenters. The molecule has 5 heteroatoms. The minimum atomic E-state index is 0.612. The molecule has 0 radical (unpaired) electrons. The van der Waals surface area contributed by atoms with Gasteiger partial charge in [0.15, 0.2) is 0 Å². The van der Waals surface area contributed by atoms with Crippen molar-refractivity contribution in [3.63, 3.8) is 0 Å². The summed E-state index contributed by atoms with van der Waals surface area (Å²) in [7, 11) is 0. The SMILES string of the molecule is CC1CCC(CN)CN1Cc1cn2cccnc2n1. The number of rotatable bonds is 3. The lowest BCUT2D eigenvalue weighted by molar-refractivity contribution is 0.112. The lowest BCUT2D eigenvalue weighted by Crippen LogP contribution is -2.43. The van der Waals surface area contributed by atoms with Crippen LogP contribution in [0.4, 0.5) is 0 Å². The van der Waals surface area contributed by atoms with Crippen molar-refractivity contribution in [2.45, 2.75) is 32.4 Å². The Morgan fingerprint density at radius 1 is 1.42 bits per heavy atom. The van der Waals surface area contributed by atoms with E-state index in [4.69, 9.17) is 5.73 Å². The zero-order valence-corrected chi connectivity index (χ0v) is 11.4. The maximum atomic E-state index is 5.81. The van der Waals surface area contributed by atoms with Crippen molar-refractivity contribution in [3.05, 3.63) is 30.4 Å². The summed E-state index contributed by atoms with van der Waals surface area (Å²) in [6.45, 7) is 5.05. The number of fused-ring (bicyclic) bond motifs is 1. The summed E-state index contributed by atoms with van der Waals surface area (Å²) in [5, 5.41) is 0. The van der Waals surface area contributed by atoms with Crippen LogP contribution in [0.3, 0.4) is 0 Å². The molecule has 0 aromatic carbocycles. The lowest BCUT2D eigenvalue weighted by atomic mass is 9.93. The molecule has 5 nitrogen and oxygen atoms in total. The molecule has 1 aliphatic heterocycles. The third-order valence-corrected chi connectivity index (χ3v) is 4.09. The van der Waals surface area contributed by atoms with Crippen molar-refractivity contribution in [1.29, 1.82) is 0 Å². The molecule has 1 saturated heterocycles. The minimum Gasteiger partial charge on any atom is -0.330 e. The number of likely N-dealkylation sites (tertiary alicyclic amines) is 1. The molecular formula is C14H21N5. The summed E-state index contributed by atoms with van der Waals surface area (Å²) in [5.41, 5.74) is 6.90. The number of nitrogens with two attached hydrogens (primary N) is 1. The van der Waals surface area contributed by atoms with Crippen molar-refractivity contribution in [3.8, 4) is 0 Å². The van der Waals surface area contributed by atoms with E-state index in [0.717, 1.165) is 31.1 Å². The monoisotopic (exact) mass is 259 g/mol. The first-order valence-electron chi connectivity index (χ1n) is 6.99. The molecule has 0 bridgehead atoms. The molecule has 19 heavy (non-hydrogen) atoms. The molecule has 2 aromatic rings. The normalized spacial score (nSPS) is 24.9. The molecule has 2 aromatic heterocycles. The molecule has 0 saturated carbocycles. The Hall–Kier alpha value is -1.46. The molecule has 0 spiro atoms. The molecule has 0 aliphatic carbocycles. The van der Waals surface area contributed by atoms with Gasteiger partial charge in [0.2, 0.25) is 5.78 Å². The van der Waals surface area contributed by atoms with Crippen molar-refractivity contribution >= 4 is 5.78 Å². The summed E-state index contributed by atoms with van der Waals surface area (Å²) in [5.74, 6) is 1.41. The van der Waals surface area contributed by atoms with Crippen molar-refractivity contribution < 1.29 is 0 Å². The van der Waals surface area contributed by atoms with Gasteiger partial charge in [-0.15, -0.1) is 0 Å². The summed E-state index contributed by atoms with van der Waals surface area (Å²) < 4.78 is 1.98. The smallest absolute Gasteiger partial charge is 0.233 e. The summed E-state index contributed by atoms with van der Waals surface area (Å²) in [4.78, 5) is 11.3. The van der Waals surface area contributed by atoms with Gasteiger partial charge in [-0.05, 0) is 38.3 Å². The third kappa shape index (κ3) is 2.62. The van der Waals surface area contributed by atoms with Gasteiger partial charge in [-0.25, -0.2) is 9.97 Å². The van der Waals surface area contributed by atoms with Crippen molar-refractivity contribution in [2.24, 2.45) is 11.7 Å². The zero-order valence-electron chi connectivity index (χ0n) is 11.4. The average molecular weight is 259 g/mol. The number of hydrogen-bond acceptors (Lipinski definition) is 4. The van der Waals surface area contributed by atoms with Crippen LogP contribution in [-0.4, -0.2) is 38.4 Å². The van der Waals surface area contributed by atoms with E-state index in [-0.39, 0.29) is 0 Å². The Balaban J connectivity index is 1.75. The number of hydrogen-bond donors (Lipinski definition) is 1. The molecule has 0 amide bonds. The summed E-state index contributed by atoms with van der Waals surface area (Å²) in [6, 6.07) is 2.53. The fraction of sp³-hybridized carbons (Fsp3) is 0.571. The van der Waals surface area contributed by atoms with E-state index < -0.39 is 0 Å². The van der Waals surface area contributed by atoms with Crippen LogP contribution in [0.2, 0.25) is 0 Å². The van der Waals surface area contributed by atoms with Crippen LogP contribution in [0, 0.1) is 5.92 Å². The van der Waals surface area contributed by atoms with Crippen LogP contribution in [0.15, 0.2) is 24.7 Å². The maximum Gasteiger partial charge on any atom is 0.233 e. The van der Waals surface area contributed by atoms with E-state index in [1.807, 2.05) is 16.7 Å². The van der Waals surface area contributed by atoms with Gasteiger partial charge in [0.05, 0.1) is 5.69 Å². The molecule has 1 fully saturated rings. The summed E-state index contributed by atoms with van der Waals surface area (Å²) in [6.07, 6.45) is 8.32. The van der Waals surface area contributed by atoms with Gasteiger partial charge in [-0.2, -0.15) is 0 Å². The summed E-state index contributed by atoms with van der Waals surface area (Å²) >= 11 is 0. The zero-order chi connectivity index (χ0) is 13.2. The van der Waals surface area contributed by atoms with Gasteiger partial charge < -0.3 is 5.73 Å². The molecule has 102 valence electrons. The fourth-order valence-corrected chi connectivity index (χ4v) is 2.84. The highest BCUT2D eigenvalue weighted by Gasteiger charge is 2.25. The second-order valence-corrected chi connectivity index (χ2v) is 5.52. The first-order chi connectivity index (χ1) is 9.26. The Morgan fingerprint density at radius 2 is 2.32 bits per heavy atom. The molecule has 1 aliphatic rings. The highest BCUT2D eigenvalue weighted by Crippen LogP contribution is 2.22. The van der Waals surface area contributed by atoms with E-state index in [1.54, 1.807) is 6.20 Å². The van der Waals surface area contributed by atoms with Crippen molar-refractivity contribution in [2.75, 3.05) is 13.1 Å². The van der Waals surface area contributed by atoms with E-state index in [9.17, 15) is 0 Å². The number of aromatic nitrogens is 3. The van der Waals surface area contributed by atoms with E-state index >= 15 is 0 Å². The van der Waals surface area contributed by atoms with Crippen LogP contribution in [0.25, 0.3) is 5.78 Å². The topological polar surface area (TPSA) is 59.5 Å². The van der Waals surface area contributed by atoms with Gasteiger partial charge in [0, 0.05) is 37.7 Å².